The van der Waals surface area contributed by atoms with E-state index in [-0.39, 0.29) is 17.7 Å². The molecule has 28 heavy (non-hydrogen) atoms. The summed E-state index contributed by atoms with van der Waals surface area (Å²) in [7, 11) is 0. The van der Waals surface area contributed by atoms with Crippen molar-refractivity contribution in [2.24, 2.45) is 10.8 Å². The van der Waals surface area contributed by atoms with Gasteiger partial charge in [0, 0.05) is 22.0 Å². The smallest absolute Gasteiger partial charge is 0.168 e. The van der Waals surface area contributed by atoms with E-state index in [4.69, 9.17) is 4.74 Å². The van der Waals surface area contributed by atoms with Crippen LogP contribution in [-0.4, -0.2) is 11.6 Å². The highest BCUT2D eigenvalue weighted by atomic mass is 16.5. The van der Waals surface area contributed by atoms with E-state index < -0.39 is 10.8 Å². The van der Waals surface area contributed by atoms with Crippen molar-refractivity contribution in [1.82, 2.24) is 0 Å². The topological polar surface area (TPSA) is 43.4 Å². The fourth-order valence-corrected chi connectivity index (χ4v) is 3.46. The number of ether oxygens (including phenoxy) is 1. The van der Waals surface area contributed by atoms with Crippen LogP contribution in [0.25, 0.3) is 0 Å². The lowest BCUT2D eigenvalue weighted by molar-refractivity contribution is 0.0852. The van der Waals surface area contributed by atoms with Crippen LogP contribution in [0, 0.1) is 10.8 Å². The van der Waals surface area contributed by atoms with E-state index in [2.05, 4.69) is 0 Å². The van der Waals surface area contributed by atoms with Crippen molar-refractivity contribution in [3.63, 3.8) is 0 Å². The third kappa shape index (κ3) is 4.19. The molecular weight excluding hydrogens is 348 g/mol. The largest absolute Gasteiger partial charge is 0.485 e. The molecule has 2 aromatic carbocycles. The zero-order chi connectivity index (χ0) is 20.7. The molecular formula is C25H30O3. The summed E-state index contributed by atoms with van der Waals surface area (Å²) in [4.78, 5) is 25.0. The zero-order valence-corrected chi connectivity index (χ0v) is 17.8. The minimum atomic E-state index is -0.419. The first-order chi connectivity index (χ1) is 13.0. The maximum absolute atomic E-state index is 12.6. The van der Waals surface area contributed by atoms with Crippen LogP contribution >= 0.6 is 0 Å². The Kier molecular flexibility index (Phi) is 5.22. The summed E-state index contributed by atoms with van der Waals surface area (Å²) in [5.41, 5.74) is 2.81. The zero-order valence-electron chi connectivity index (χ0n) is 17.8. The van der Waals surface area contributed by atoms with Crippen LogP contribution in [0.4, 0.5) is 0 Å². The van der Waals surface area contributed by atoms with Crippen LogP contribution in [0.3, 0.4) is 0 Å². The van der Waals surface area contributed by atoms with Crippen molar-refractivity contribution in [2.45, 2.75) is 60.5 Å². The van der Waals surface area contributed by atoms with Gasteiger partial charge in [0.2, 0.25) is 0 Å². The summed E-state index contributed by atoms with van der Waals surface area (Å²) in [6.45, 7) is 11.6. The second kappa shape index (κ2) is 7.20. The molecule has 1 aliphatic heterocycles. The number of fused-ring (bicyclic) bond motifs is 1. The summed E-state index contributed by atoms with van der Waals surface area (Å²) in [5.74, 6) is 1.05. The third-order valence-corrected chi connectivity index (χ3v) is 5.18. The molecule has 1 heterocycles. The highest BCUT2D eigenvalue weighted by Gasteiger charge is 2.27. The van der Waals surface area contributed by atoms with Gasteiger partial charge in [-0.2, -0.15) is 0 Å². The molecule has 0 radical (unpaired) electrons. The number of carbonyl (C=O) groups is 2. The van der Waals surface area contributed by atoms with Gasteiger partial charge in [-0.25, -0.2) is 0 Å². The molecule has 0 N–H and O–H groups in total. The molecule has 0 amide bonds. The number of carbonyl (C=O) groups excluding carboxylic acids is 2. The average Bonchev–Trinajstić information content (AvgIpc) is 2.64. The molecule has 0 unspecified atom stereocenters. The summed E-state index contributed by atoms with van der Waals surface area (Å²) in [6.07, 6.45) is 1.73. The summed E-state index contributed by atoms with van der Waals surface area (Å²) < 4.78 is 6.25. The van der Waals surface area contributed by atoms with E-state index in [0.29, 0.717) is 5.56 Å². The second-order valence-electron chi connectivity index (χ2n) is 9.75. The number of hydrogen-bond donors (Lipinski definition) is 0. The minimum absolute atomic E-state index is 0.0636. The Bertz CT molecular complexity index is 893. The van der Waals surface area contributed by atoms with Crippen molar-refractivity contribution >= 4 is 11.6 Å². The number of benzene rings is 2. The molecule has 0 spiro atoms. The number of Topliss-reactive ketones (excluding diaryl/α,β-unsaturated/α-hetero) is 2. The third-order valence-electron chi connectivity index (χ3n) is 5.18. The second-order valence-corrected chi connectivity index (χ2v) is 9.75. The Morgan fingerprint density at radius 1 is 0.821 bits per heavy atom. The SMILES string of the molecule is CC(C)(C)C(=O)c1ccc([C@@H]2CCc3ccc(C(=O)C(C)(C)C)cc3O2)cc1. The lowest BCUT2D eigenvalue weighted by Crippen LogP contribution is -2.21. The van der Waals surface area contributed by atoms with Crippen LogP contribution in [0.1, 0.15) is 85.9 Å². The number of ketones is 2. The minimum Gasteiger partial charge on any atom is -0.485 e. The fraction of sp³-hybridized carbons (Fsp3) is 0.440. The predicted molar refractivity (Wildman–Crippen MR) is 112 cm³/mol. The van der Waals surface area contributed by atoms with Gasteiger partial charge in [-0.3, -0.25) is 9.59 Å². The lowest BCUT2D eigenvalue weighted by Gasteiger charge is -2.27. The van der Waals surface area contributed by atoms with Crippen molar-refractivity contribution in [3.8, 4) is 5.75 Å². The Labute approximate surface area is 168 Å². The molecule has 0 saturated carbocycles. The quantitative estimate of drug-likeness (QED) is 0.596. The van der Waals surface area contributed by atoms with Gasteiger partial charge in [0.25, 0.3) is 0 Å². The number of hydrogen-bond acceptors (Lipinski definition) is 3. The van der Waals surface area contributed by atoms with Crippen molar-refractivity contribution < 1.29 is 14.3 Å². The average molecular weight is 379 g/mol. The van der Waals surface area contributed by atoms with Gasteiger partial charge in [0.1, 0.15) is 11.9 Å². The molecule has 1 aliphatic rings. The van der Waals surface area contributed by atoms with Gasteiger partial charge in [-0.1, -0.05) is 77.9 Å². The molecule has 1 atom stereocenters. The van der Waals surface area contributed by atoms with Gasteiger partial charge < -0.3 is 4.74 Å². The van der Waals surface area contributed by atoms with Crippen LogP contribution in [-0.2, 0) is 6.42 Å². The molecule has 0 aliphatic carbocycles. The van der Waals surface area contributed by atoms with Gasteiger partial charge in [-0.05, 0) is 30.0 Å². The van der Waals surface area contributed by atoms with E-state index in [1.54, 1.807) is 0 Å². The van der Waals surface area contributed by atoms with Gasteiger partial charge in [0.05, 0.1) is 0 Å². The molecule has 2 aromatic rings. The first kappa shape index (κ1) is 20.3. The first-order valence-corrected chi connectivity index (χ1v) is 9.96. The van der Waals surface area contributed by atoms with E-state index >= 15 is 0 Å². The molecule has 3 heteroatoms. The van der Waals surface area contributed by atoms with E-state index in [0.717, 1.165) is 35.3 Å². The Hall–Kier alpha value is -2.42. The normalized spacial score (nSPS) is 16.9. The van der Waals surface area contributed by atoms with Gasteiger partial charge >= 0.3 is 0 Å². The highest BCUT2D eigenvalue weighted by molar-refractivity contribution is 6.00. The van der Waals surface area contributed by atoms with E-state index in [1.165, 1.54) is 0 Å². The Morgan fingerprint density at radius 2 is 1.36 bits per heavy atom. The van der Waals surface area contributed by atoms with E-state index in [9.17, 15) is 9.59 Å². The summed E-state index contributed by atoms with van der Waals surface area (Å²) in [6, 6.07) is 13.5. The van der Waals surface area contributed by atoms with Crippen molar-refractivity contribution in [1.29, 1.82) is 0 Å². The lowest BCUT2D eigenvalue weighted by atomic mass is 9.85. The van der Waals surface area contributed by atoms with Gasteiger partial charge in [0.15, 0.2) is 11.6 Å². The Morgan fingerprint density at radius 3 is 1.93 bits per heavy atom. The highest BCUT2D eigenvalue weighted by Crippen LogP contribution is 2.36. The molecule has 3 nitrogen and oxygen atoms in total. The molecule has 0 saturated heterocycles. The van der Waals surface area contributed by atoms with E-state index in [1.807, 2.05) is 84.0 Å². The predicted octanol–water partition coefficient (Wildman–Crippen LogP) is 6.21. The van der Waals surface area contributed by atoms with Crippen molar-refractivity contribution in [3.05, 3.63) is 64.7 Å². The molecule has 0 fully saturated rings. The van der Waals surface area contributed by atoms with Crippen LogP contribution in [0.2, 0.25) is 0 Å². The summed E-state index contributed by atoms with van der Waals surface area (Å²) >= 11 is 0. The van der Waals surface area contributed by atoms with Crippen LogP contribution < -0.4 is 4.74 Å². The summed E-state index contributed by atoms with van der Waals surface area (Å²) in [5, 5.41) is 0. The van der Waals surface area contributed by atoms with Crippen LogP contribution in [0.15, 0.2) is 42.5 Å². The molecule has 148 valence electrons. The maximum atomic E-state index is 12.6. The Balaban J connectivity index is 1.81. The number of aryl methyl sites for hydroxylation is 1. The molecule has 0 aromatic heterocycles. The standard InChI is InChI=1S/C25H30O3/c1-24(2,3)22(26)18-10-7-16(8-11-18)20-14-13-17-9-12-19(15-21(17)28-20)23(27)25(4,5)6/h7-12,15,20H,13-14H2,1-6H3/t20-/m0/s1. The first-order valence-electron chi connectivity index (χ1n) is 9.96. The molecule has 0 bridgehead atoms. The maximum Gasteiger partial charge on any atom is 0.168 e. The fourth-order valence-electron chi connectivity index (χ4n) is 3.46. The van der Waals surface area contributed by atoms with Crippen molar-refractivity contribution in [2.75, 3.05) is 0 Å². The van der Waals surface area contributed by atoms with Gasteiger partial charge in [-0.15, -0.1) is 0 Å². The van der Waals surface area contributed by atoms with Crippen LogP contribution in [0.5, 0.6) is 5.75 Å². The molecule has 3 rings (SSSR count). The monoisotopic (exact) mass is 378 g/mol. The number of rotatable bonds is 3.